The minimum absolute atomic E-state index is 0.194. The van der Waals surface area contributed by atoms with Crippen molar-refractivity contribution >= 4 is 49.5 Å². The van der Waals surface area contributed by atoms with Crippen LogP contribution < -0.4 is 10.1 Å². The predicted octanol–water partition coefficient (Wildman–Crippen LogP) is 2.08. The zero-order valence-corrected chi connectivity index (χ0v) is 21.5. The molecule has 0 aliphatic carbocycles. The molecule has 0 bridgehead atoms. The van der Waals surface area contributed by atoms with E-state index in [1.54, 1.807) is 19.2 Å². The van der Waals surface area contributed by atoms with Gasteiger partial charge in [-0.05, 0) is 57.9 Å². The lowest BCUT2D eigenvalue weighted by Crippen LogP contribution is -2.48. The summed E-state index contributed by atoms with van der Waals surface area (Å²) < 4.78 is 33.5. The van der Waals surface area contributed by atoms with Gasteiger partial charge in [0, 0.05) is 45.3 Å². The van der Waals surface area contributed by atoms with Crippen molar-refractivity contribution in [3.8, 4) is 5.75 Å². The number of piperazine rings is 1. The maximum absolute atomic E-state index is 12.9. The SMILES string of the molecule is COc1ccc(CN2CCN(S(=O)(=O)c3ccc(NC(C)=O)cc3)CC2)cc1Br.O=C(O)C(=O)O. The number of nitrogens with one attached hydrogen (secondary N) is 1. The van der Waals surface area contributed by atoms with E-state index in [-0.39, 0.29) is 10.8 Å². The normalized spacial score (nSPS) is 14.4. The number of carboxylic acid groups (broad SMARTS) is 2. The average molecular weight is 572 g/mol. The van der Waals surface area contributed by atoms with Crippen LogP contribution >= 0.6 is 15.9 Å². The molecule has 1 aliphatic rings. The zero-order valence-electron chi connectivity index (χ0n) is 19.1. The van der Waals surface area contributed by atoms with Crippen LogP contribution in [0.2, 0.25) is 0 Å². The van der Waals surface area contributed by atoms with Gasteiger partial charge in [0.2, 0.25) is 15.9 Å². The van der Waals surface area contributed by atoms with E-state index in [4.69, 9.17) is 24.5 Å². The Balaban J connectivity index is 0.000000641. The third kappa shape index (κ3) is 8.31. The number of anilines is 1. The molecule has 0 aromatic heterocycles. The van der Waals surface area contributed by atoms with Crippen LogP contribution in [0.3, 0.4) is 0 Å². The smallest absolute Gasteiger partial charge is 0.414 e. The van der Waals surface area contributed by atoms with Gasteiger partial charge in [0.1, 0.15) is 5.75 Å². The number of hydrogen-bond acceptors (Lipinski definition) is 7. The predicted molar refractivity (Wildman–Crippen MR) is 131 cm³/mol. The minimum atomic E-state index is -3.55. The molecule has 1 amide bonds. The molecule has 0 spiro atoms. The van der Waals surface area contributed by atoms with Crippen molar-refractivity contribution in [1.29, 1.82) is 0 Å². The molecule has 3 N–H and O–H groups in total. The maximum atomic E-state index is 12.9. The molecule has 1 aliphatic heterocycles. The first-order valence-electron chi connectivity index (χ1n) is 10.3. The largest absolute Gasteiger partial charge is 0.496 e. The number of nitrogens with zero attached hydrogens (tertiary/aromatic N) is 2. The summed E-state index contributed by atoms with van der Waals surface area (Å²) in [5.41, 5.74) is 1.72. The van der Waals surface area contributed by atoms with Gasteiger partial charge < -0.3 is 20.3 Å². The summed E-state index contributed by atoms with van der Waals surface area (Å²) >= 11 is 3.50. The van der Waals surface area contributed by atoms with Crippen LogP contribution in [0.1, 0.15) is 12.5 Å². The van der Waals surface area contributed by atoms with Gasteiger partial charge in [0.15, 0.2) is 0 Å². The Bertz CT molecular complexity index is 1150. The standard InChI is InChI=1S/C20H24BrN3O4S.C2H2O4/c1-15(25)22-17-4-6-18(7-5-17)29(26,27)24-11-9-23(10-12-24)14-16-3-8-20(28-2)19(21)13-16;3-1(4)2(5)6/h3-8,13H,9-12,14H2,1-2H3,(H,22,25);(H,3,4)(H,5,6). The lowest BCUT2D eigenvalue weighted by atomic mass is 10.2. The van der Waals surface area contributed by atoms with Crippen LogP contribution in [-0.4, -0.2) is 79.0 Å². The summed E-state index contributed by atoms with van der Waals surface area (Å²) in [6, 6.07) is 12.2. The van der Waals surface area contributed by atoms with E-state index < -0.39 is 22.0 Å². The van der Waals surface area contributed by atoms with E-state index in [0.29, 0.717) is 31.9 Å². The highest BCUT2D eigenvalue weighted by atomic mass is 79.9. The third-order valence-electron chi connectivity index (χ3n) is 4.95. The van der Waals surface area contributed by atoms with Crippen LogP contribution in [0.4, 0.5) is 5.69 Å². The van der Waals surface area contributed by atoms with Gasteiger partial charge in [0.05, 0.1) is 16.5 Å². The van der Waals surface area contributed by atoms with Crippen LogP contribution in [-0.2, 0) is 31.0 Å². The Hall–Kier alpha value is -3.00. The highest BCUT2D eigenvalue weighted by Crippen LogP contribution is 2.26. The number of benzene rings is 2. The van der Waals surface area contributed by atoms with E-state index >= 15 is 0 Å². The second kappa shape index (κ2) is 12.6. The Labute approximate surface area is 211 Å². The molecule has 2 aromatic carbocycles. The van der Waals surface area contributed by atoms with E-state index in [2.05, 4.69) is 26.1 Å². The van der Waals surface area contributed by atoms with E-state index in [9.17, 15) is 13.2 Å². The van der Waals surface area contributed by atoms with Gasteiger partial charge in [-0.3, -0.25) is 9.69 Å². The van der Waals surface area contributed by atoms with Gasteiger partial charge in [-0.15, -0.1) is 0 Å². The first-order chi connectivity index (χ1) is 16.4. The van der Waals surface area contributed by atoms with Crippen molar-refractivity contribution in [3.63, 3.8) is 0 Å². The van der Waals surface area contributed by atoms with Crippen molar-refractivity contribution in [2.75, 3.05) is 38.6 Å². The molecule has 0 saturated carbocycles. The summed E-state index contributed by atoms with van der Waals surface area (Å²) in [6.07, 6.45) is 0. The number of carboxylic acids is 2. The third-order valence-corrected chi connectivity index (χ3v) is 7.48. The lowest BCUT2D eigenvalue weighted by molar-refractivity contribution is -0.159. The van der Waals surface area contributed by atoms with Gasteiger partial charge in [-0.25, -0.2) is 18.0 Å². The fraction of sp³-hybridized carbons (Fsp3) is 0.318. The van der Waals surface area contributed by atoms with Gasteiger partial charge in [-0.1, -0.05) is 6.07 Å². The van der Waals surface area contributed by atoms with Gasteiger partial charge in [-0.2, -0.15) is 4.31 Å². The molecule has 0 atom stereocenters. The topological polar surface area (TPSA) is 154 Å². The Morgan fingerprint density at radius 3 is 2.03 bits per heavy atom. The molecule has 11 nitrogen and oxygen atoms in total. The summed E-state index contributed by atoms with van der Waals surface area (Å²) in [6.45, 7) is 4.36. The number of amides is 1. The number of ether oxygens (including phenoxy) is 1. The molecule has 13 heteroatoms. The van der Waals surface area contributed by atoms with E-state index in [1.165, 1.54) is 23.4 Å². The molecule has 2 aromatic rings. The molecular formula is C22H26BrN3O8S. The van der Waals surface area contributed by atoms with E-state index in [1.807, 2.05) is 18.2 Å². The summed E-state index contributed by atoms with van der Waals surface area (Å²) in [4.78, 5) is 31.8. The molecule has 1 fully saturated rings. The van der Waals surface area contributed by atoms with Crippen molar-refractivity contribution in [2.45, 2.75) is 18.4 Å². The molecule has 0 unspecified atom stereocenters. The molecule has 1 saturated heterocycles. The van der Waals surface area contributed by atoms with Gasteiger partial charge in [0.25, 0.3) is 0 Å². The van der Waals surface area contributed by atoms with Crippen molar-refractivity contribution in [3.05, 3.63) is 52.5 Å². The quantitative estimate of drug-likeness (QED) is 0.442. The second-order valence-corrected chi connectivity index (χ2v) is 10.3. The summed E-state index contributed by atoms with van der Waals surface area (Å²) in [5.74, 6) is -3.06. The fourth-order valence-corrected chi connectivity index (χ4v) is 5.27. The number of halogens is 1. The number of aliphatic carboxylic acids is 2. The second-order valence-electron chi connectivity index (χ2n) is 7.47. The van der Waals surface area contributed by atoms with Crippen molar-refractivity contribution in [1.82, 2.24) is 9.21 Å². The number of carbonyl (C=O) groups excluding carboxylic acids is 1. The Kier molecular flexibility index (Phi) is 10.2. The molecule has 35 heavy (non-hydrogen) atoms. The van der Waals surface area contributed by atoms with Crippen molar-refractivity contribution < 1.29 is 37.8 Å². The van der Waals surface area contributed by atoms with Crippen LogP contribution in [0, 0.1) is 0 Å². The first-order valence-corrected chi connectivity index (χ1v) is 12.6. The number of rotatable bonds is 6. The zero-order chi connectivity index (χ0) is 26.2. The van der Waals surface area contributed by atoms with Crippen LogP contribution in [0.15, 0.2) is 51.8 Å². The monoisotopic (exact) mass is 571 g/mol. The Morgan fingerprint density at radius 1 is 1.00 bits per heavy atom. The highest BCUT2D eigenvalue weighted by Gasteiger charge is 2.28. The van der Waals surface area contributed by atoms with Crippen molar-refractivity contribution in [2.24, 2.45) is 0 Å². The number of methoxy groups -OCH3 is 1. The fourth-order valence-electron chi connectivity index (χ4n) is 3.26. The average Bonchev–Trinajstić information content (AvgIpc) is 2.80. The lowest BCUT2D eigenvalue weighted by Gasteiger charge is -2.34. The molecule has 3 rings (SSSR count). The van der Waals surface area contributed by atoms with Gasteiger partial charge >= 0.3 is 11.9 Å². The Morgan fingerprint density at radius 2 is 1.57 bits per heavy atom. The number of carbonyl (C=O) groups is 3. The summed E-state index contributed by atoms with van der Waals surface area (Å²) in [7, 11) is -1.92. The number of hydrogen-bond donors (Lipinski definition) is 3. The molecule has 0 radical (unpaired) electrons. The maximum Gasteiger partial charge on any atom is 0.414 e. The van der Waals surface area contributed by atoms with Crippen LogP contribution in [0.25, 0.3) is 0 Å². The molecule has 1 heterocycles. The number of sulfonamides is 1. The highest BCUT2D eigenvalue weighted by molar-refractivity contribution is 9.10. The first kappa shape index (κ1) is 28.2. The molecule has 190 valence electrons. The van der Waals surface area contributed by atoms with E-state index in [0.717, 1.165) is 22.3 Å². The summed E-state index contributed by atoms with van der Waals surface area (Å²) in [5, 5.41) is 17.4. The minimum Gasteiger partial charge on any atom is -0.496 e. The molecular weight excluding hydrogens is 546 g/mol. The van der Waals surface area contributed by atoms with Crippen LogP contribution in [0.5, 0.6) is 5.75 Å².